The van der Waals surface area contributed by atoms with Crippen molar-refractivity contribution in [2.75, 3.05) is 24.8 Å². The fraction of sp³-hybridized carbons (Fsp3) is 0.538. The van der Waals surface area contributed by atoms with E-state index in [1.54, 1.807) is 0 Å². The molecule has 4 N–H and O–H groups in total. The molecule has 4 nitrogen and oxygen atoms in total. The molecule has 0 bridgehead atoms. The minimum Gasteiger partial charge on any atom is -0.495 e. The summed E-state index contributed by atoms with van der Waals surface area (Å²) in [7, 11) is 1.49. The van der Waals surface area contributed by atoms with Crippen molar-refractivity contribution in [3.8, 4) is 5.75 Å². The van der Waals surface area contributed by atoms with Crippen molar-refractivity contribution in [1.82, 2.24) is 0 Å². The molecule has 0 aliphatic heterocycles. The molecule has 1 aromatic rings. The first kappa shape index (κ1) is 14.6. The van der Waals surface area contributed by atoms with Crippen LogP contribution in [0.25, 0.3) is 0 Å². The Morgan fingerprint density at radius 2 is 2.11 bits per heavy atom. The molecule has 0 saturated heterocycles. The van der Waals surface area contributed by atoms with Crippen LogP contribution in [0.1, 0.15) is 20.3 Å². The van der Waals surface area contributed by atoms with E-state index in [1.165, 1.54) is 19.2 Å². The van der Waals surface area contributed by atoms with Crippen LogP contribution < -0.4 is 15.8 Å². The van der Waals surface area contributed by atoms with E-state index in [2.05, 4.69) is 5.32 Å². The molecule has 1 rings (SSSR count). The van der Waals surface area contributed by atoms with E-state index in [0.29, 0.717) is 17.9 Å². The van der Waals surface area contributed by atoms with Crippen LogP contribution in [-0.4, -0.2) is 24.9 Å². The zero-order chi connectivity index (χ0) is 13.7. The van der Waals surface area contributed by atoms with E-state index < -0.39 is 5.82 Å². The third kappa shape index (κ3) is 3.50. The number of hydrogen-bond donors (Lipinski definition) is 3. The molecule has 0 amide bonds. The molecule has 0 heterocycles. The maximum absolute atomic E-state index is 13.8. The van der Waals surface area contributed by atoms with Gasteiger partial charge >= 0.3 is 0 Å². The number of nitrogens with one attached hydrogen (secondary N) is 1. The van der Waals surface area contributed by atoms with Crippen LogP contribution in [0.3, 0.4) is 0 Å². The van der Waals surface area contributed by atoms with Gasteiger partial charge in [0.2, 0.25) is 0 Å². The van der Waals surface area contributed by atoms with E-state index >= 15 is 0 Å². The predicted molar refractivity (Wildman–Crippen MR) is 71.3 cm³/mol. The Bertz CT molecular complexity index is 397. The van der Waals surface area contributed by atoms with Gasteiger partial charge in [-0.2, -0.15) is 0 Å². The van der Waals surface area contributed by atoms with Gasteiger partial charge in [0, 0.05) is 24.8 Å². The lowest BCUT2D eigenvalue weighted by atomic mass is 10.0. The average molecular weight is 256 g/mol. The minimum atomic E-state index is -0.420. The van der Waals surface area contributed by atoms with Gasteiger partial charge in [0.15, 0.2) is 0 Å². The number of hydrogen-bond acceptors (Lipinski definition) is 4. The molecule has 0 fully saturated rings. The van der Waals surface area contributed by atoms with Gasteiger partial charge in [0.25, 0.3) is 0 Å². The molecule has 0 aromatic heterocycles. The van der Waals surface area contributed by atoms with Crippen molar-refractivity contribution in [2.24, 2.45) is 5.92 Å². The quantitative estimate of drug-likeness (QED) is 0.683. The Morgan fingerprint density at radius 1 is 1.44 bits per heavy atom. The van der Waals surface area contributed by atoms with Crippen molar-refractivity contribution in [2.45, 2.75) is 26.3 Å². The van der Waals surface area contributed by atoms with Crippen molar-refractivity contribution < 1.29 is 14.2 Å². The van der Waals surface area contributed by atoms with E-state index in [9.17, 15) is 4.39 Å². The number of aliphatic hydroxyl groups is 1. The van der Waals surface area contributed by atoms with Gasteiger partial charge in [-0.15, -0.1) is 0 Å². The molecule has 1 aromatic carbocycles. The number of nitrogen functional groups attached to an aromatic ring is 1. The number of anilines is 2. The van der Waals surface area contributed by atoms with E-state index in [-0.39, 0.29) is 24.3 Å². The number of nitrogens with two attached hydrogens (primary N) is 1. The summed E-state index contributed by atoms with van der Waals surface area (Å²) in [5.74, 6) is 0.294. The summed E-state index contributed by atoms with van der Waals surface area (Å²) in [5, 5.41) is 12.1. The molecule has 0 radical (unpaired) electrons. The first-order chi connectivity index (χ1) is 8.49. The van der Waals surface area contributed by atoms with Gasteiger partial charge < -0.3 is 20.9 Å². The highest BCUT2D eigenvalue weighted by molar-refractivity contribution is 5.62. The van der Waals surface area contributed by atoms with Gasteiger partial charge in [-0.05, 0) is 12.3 Å². The molecule has 1 unspecified atom stereocenters. The number of methoxy groups -OCH3 is 1. The lowest BCUT2D eigenvalue weighted by Gasteiger charge is -2.23. The standard InChI is InChI=1S/C13H21FN2O2/c1-8(2)11(4-5-17)16-12-7-13(18-3)10(15)6-9(12)14/h6-8,11,16-17H,4-5,15H2,1-3H3. The number of rotatable bonds is 6. The second kappa shape index (κ2) is 6.44. The highest BCUT2D eigenvalue weighted by atomic mass is 19.1. The molecule has 0 aliphatic carbocycles. The third-order valence-electron chi connectivity index (χ3n) is 2.91. The summed E-state index contributed by atoms with van der Waals surface area (Å²) < 4.78 is 18.8. The van der Waals surface area contributed by atoms with Crippen LogP contribution in [0.2, 0.25) is 0 Å². The van der Waals surface area contributed by atoms with Crippen LogP contribution in [0.4, 0.5) is 15.8 Å². The van der Waals surface area contributed by atoms with Gasteiger partial charge in [-0.25, -0.2) is 4.39 Å². The smallest absolute Gasteiger partial charge is 0.148 e. The zero-order valence-electron chi connectivity index (χ0n) is 11.0. The molecule has 18 heavy (non-hydrogen) atoms. The molecule has 102 valence electrons. The van der Waals surface area contributed by atoms with Crippen molar-refractivity contribution in [1.29, 1.82) is 0 Å². The van der Waals surface area contributed by atoms with Crippen LogP contribution in [0.15, 0.2) is 12.1 Å². The monoisotopic (exact) mass is 256 g/mol. The molecule has 0 aliphatic rings. The van der Waals surface area contributed by atoms with Crippen LogP contribution in [-0.2, 0) is 0 Å². The Hall–Kier alpha value is -1.49. The fourth-order valence-corrected chi connectivity index (χ4v) is 1.77. The third-order valence-corrected chi connectivity index (χ3v) is 2.91. The average Bonchev–Trinajstić information content (AvgIpc) is 2.31. The Balaban J connectivity index is 2.94. The van der Waals surface area contributed by atoms with E-state index in [4.69, 9.17) is 15.6 Å². The van der Waals surface area contributed by atoms with Crippen molar-refractivity contribution >= 4 is 11.4 Å². The largest absolute Gasteiger partial charge is 0.495 e. The lowest BCUT2D eigenvalue weighted by molar-refractivity contribution is 0.267. The molecular weight excluding hydrogens is 235 g/mol. The normalized spacial score (nSPS) is 12.6. The maximum Gasteiger partial charge on any atom is 0.148 e. The predicted octanol–water partition coefficient (Wildman–Crippen LogP) is 2.24. The Kier molecular flexibility index (Phi) is 5.22. The van der Waals surface area contributed by atoms with Crippen molar-refractivity contribution in [3.05, 3.63) is 17.9 Å². The van der Waals surface area contributed by atoms with Gasteiger partial charge in [-0.1, -0.05) is 13.8 Å². The summed E-state index contributed by atoms with van der Waals surface area (Å²) in [5.41, 5.74) is 6.23. The summed E-state index contributed by atoms with van der Waals surface area (Å²) in [6.45, 7) is 4.09. The lowest BCUT2D eigenvalue weighted by Crippen LogP contribution is -2.27. The molecule has 0 spiro atoms. The van der Waals surface area contributed by atoms with Gasteiger partial charge in [0.1, 0.15) is 11.6 Å². The van der Waals surface area contributed by atoms with Crippen LogP contribution in [0.5, 0.6) is 5.75 Å². The fourth-order valence-electron chi connectivity index (χ4n) is 1.77. The maximum atomic E-state index is 13.8. The Labute approximate surface area is 107 Å². The van der Waals surface area contributed by atoms with Gasteiger partial charge in [-0.3, -0.25) is 0 Å². The highest BCUT2D eigenvalue weighted by Gasteiger charge is 2.16. The minimum absolute atomic E-state index is 0.00201. The first-order valence-electron chi connectivity index (χ1n) is 6.00. The van der Waals surface area contributed by atoms with Crippen LogP contribution >= 0.6 is 0 Å². The number of aliphatic hydroxyl groups excluding tert-OH is 1. The van der Waals surface area contributed by atoms with Crippen LogP contribution in [0, 0.1) is 11.7 Å². The molecule has 0 saturated carbocycles. The second-order valence-corrected chi connectivity index (χ2v) is 4.58. The topological polar surface area (TPSA) is 67.5 Å². The second-order valence-electron chi connectivity index (χ2n) is 4.58. The van der Waals surface area contributed by atoms with Gasteiger partial charge in [0.05, 0.1) is 18.5 Å². The SMILES string of the molecule is COc1cc(NC(CCO)C(C)C)c(F)cc1N. The summed E-state index contributed by atoms with van der Waals surface area (Å²) >= 11 is 0. The number of benzene rings is 1. The molecular formula is C13H21FN2O2. The molecule has 1 atom stereocenters. The van der Waals surface area contributed by atoms with E-state index in [1.807, 2.05) is 13.8 Å². The molecule has 5 heteroatoms. The van der Waals surface area contributed by atoms with Crippen molar-refractivity contribution in [3.63, 3.8) is 0 Å². The number of ether oxygens (including phenoxy) is 1. The zero-order valence-corrected chi connectivity index (χ0v) is 11.0. The summed E-state index contributed by atoms with van der Waals surface area (Å²) in [4.78, 5) is 0. The summed E-state index contributed by atoms with van der Waals surface area (Å²) in [6.07, 6.45) is 0.559. The summed E-state index contributed by atoms with van der Waals surface area (Å²) in [6, 6.07) is 2.77. The highest BCUT2D eigenvalue weighted by Crippen LogP contribution is 2.29. The van der Waals surface area contributed by atoms with E-state index in [0.717, 1.165) is 0 Å². The Morgan fingerprint density at radius 3 is 2.61 bits per heavy atom. The first-order valence-corrected chi connectivity index (χ1v) is 6.00. The number of halogens is 1.